The fraction of sp³-hybridized carbons (Fsp3) is 0.0714. The Hall–Kier alpha value is -2.07. The predicted octanol–water partition coefficient (Wildman–Crippen LogP) is 5.27. The minimum atomic E-state index is -4.56. The average molecular weight is 360 g/mol. The Labute approximate surface area is 125 Å². The predicted molar refractivity (Wildman–Crippen MR) is 70.3 cm³/mol. The van der Waals surface area contributed by atoms with E-state index in [1.165, 1.54) is 12.1 Å². The zero-order valence-electron chi connectivity index (χ0n) is 10.2. The van der Waals surface area contributed by atoms with Crippen LogP contribution in [0, 0.1) is 17.1 Å². The smallest absolute Gasteiger partial charge is 0.416 e. The molecule has 0 amide bonds. The number of ether oxygens (including phenoxy) is 1. The van der Waals surface area contributed by atoms with Crippen LogP contribution in [0.5, 0.6) is 11.5 Å². The van der Waals surface area contributed by atoms with E-state index >= 15 is 0 Å². The van der Waals surface area contributed by atoms with Gasteiger partial charge in [-0.3, -0.25) is 0 Å². The van der Waals surface area contributed by atoms with Crippen molar-refractivity contribution in [1.29, 1.82) is 5.26 Å². The quantitative estimate of drug-likeness (QED) is 0.684. The molecule has 21 heavy (non-hydrogen) atoms. The van der Waals surface area contributed by atoms with Gasteiger partial charge in [-0.2, -0.15) is 18.4 Å². The summed E-state index contributed by atoms with van der Waals surface area (Å²) < 4.78 is 56.9. The summed E-state index contributed by atoms with van der Waals surface area (Å²) in [5, 5.41) is 8.90. The zero-order chi connectivity index (χ0) is 15.6. The Morgan fingerprint density at radius 3 is 2.29 bits per heavy atom. The van der Waals surface area contributed by atoms with Crippen LogP contribution in [0.3, 0.4) is 0 Å². The normalized spacial score (nSPS) is 11.0. The molecule has 0 aromatic heterocycles. The van der Waals surface area contributed by atoms with Crippen molar-refractivity contribution in [1.82, 2.24) is 0 Å². The molecule has 0 unspecified atom stereocenters. The van der Waals surface area contributed by atoms with Gasteiger partial charge in [-0.15, -0.1) is 0 Å². The molecule has 7 heteroatoms. The first kappa shape index (κ1) is 15.3. The summed E-state index contributed by atoms with van der Waals surface area (Å²) in [5.74, 6) is -1.03. The lowest BCUT2D eigenvalue weighted by atomic mass is 10.1. The van der Waals surface area contributed by atoms with E-state index in [4.69, 9.17) is 10.00 Å². The minimum Gasteiger partial charge on any atom is -0.453 e. The number of hydrogen-bond acceptors (Lipinski definition) is 2. The molecule has 0 N–H and O–H groups in total. The van der Waals surface area contributed by atoms with Crippen LogP contribution in [0.4, 0.5) is 17.6 Å². The van der Waals surface area contributed by atoms with Gasteiger partial charge in [0.15, 0.2) is 11.6 Å². The maximum absolute atomic E-state index is 13.6. The molecule has 2 aromatic carbocycles. The lowest BCUT2D eigenvalue weighted by Gasteiger charge is -2.11. The van der Waals surface area contributed by atoms with Gasteiger partial charge in [0, 0.05) is 4.47 Å². The Bertz CT molecular complexity index is 722. The van der Waals surface area contributed by atoms with Gasteiger partial charge in [-0.1, -0.05) is 15.9 Å². The van der Waals surface area contributed by atoms with Crippen molar-refractivity contribution in [2.24, 2.45) is 0 Å². The van der Waals surface area contributed by atoms with Crippen LogP contribution >= 0.6 is 15.9 Å². The monoisotopic (exact) mass is 359 g/mol. The molecular weight excluding hydrogens is 354 g/mol. The molecule has 0 fully saturated rings. The Morgan fingerprint density at radius 1 is 1.05 bits per heavy atom. The van der Waals surface area contributed by atoms with Gasteiger partial charge in [-0.25, -0.2) is 4.39 Å². The summed E-state index contributed by atoms with van der Waals surface area (Å²) in [4.78, 5) is 0. The van der Waals surface area contributed by atoms with E-state index in [1.54, 1.807) is 6.07 Å². The maximum atomic E-state index is 13.6. The molecule has 0 aliphatic rings. The topological polar surface area (TPSA) is 33.0 Å². The Balaban J connectivity index is 2.39. The second kappa shape index (κ2) is 5.74. The first-order valence-electron chi connectivity index (χ1n) is 5.55. The van der Waals surface area contributed by atoms with Crippen LogP contribution in [0.15, 0.2) is 40.9 Å². The number of rotatable bonds is 2. The van der Waals surface area contributed by atoms with E-state index < -0.39 is 17.6 Å². The van der Waals surface area contributed by atoms with Gasteiger partial charge < -0.3 is 4.74 Å². The highest BCUT2D eigenvalue weighted by atomic mass is 79.9. The van der Waals surface area contributed by atoms with Gasteiger partial charge in [0.1, 0.15) is 11.8 Å². The molecule has 0 radical (unpaired) electrons. The number of hydrogen-bond donors (Lipinski definition) is 0. The number of nitriles is 1. The van der Waals surface area contributed by atoms with E-state index in [0.717, 1.165) is 18.2 Å². The van der Waals surface area contributed by atoms with E-state index in [2.05, 4.69) is 15.9 Å². The molecule has 108 valence electrons. The van der Waals surface area contributed by atoms with Crippen molar-refractivity contribution < 1.29 is 22.3 Å². The van der Waals surface area contributed by atoms with Crippen molar-refractivity contribution in [2.45, 2.75) is 6.18 Å². The molecule has 2 aromatic rings. The molecule has 0 saturated carbocycles. The molecule has 0 aliphatic heterocycles. The highest BCUT2D eigenvalue weighted by Crippen LogP contribution is 2.34. The van der Waals surface area contributed by atoms with Gasteiger partial charge >= 0.3 is 6.18 Å². The van der Waals surface area contributed by atoms with Crippen LogP contribution in [0.2, 0.25) is 0 Å². The maximum Gasteiger partial charge on any atom is 0.416 e. The van der Waals surface area contributed by atoms with Crippen LogP contribution in [0.25, 0.3) is 0 Å². The third kappa shape index (κ3) is 3.52. The van der Waals surface area contributed by atoms with Crippen LogP contribution in [-0.2, 0) is 6.18 Å². The van der Waals surface area contributed by atoms with E-state index in [-0.39, 0.29) is 17.1 Å². The number of alkyl halides is 3. The molecular formula is C14H6BrF4NO. The first-order valence-corrected chi connectivity index (χ1v) is 6.35. The summed E-state index contributed by atoms with van der Waals surface area (Å²) in [6.07, 6.45) is -4.56. The highest BCUT2D eigenvalue weighted by molar-refractivity contribution is 9.10. The largest absolute Gasteiger partial charge is 0.453 e. The molecule has 0 bridgehead atoms. The van der Waals surface area contributed by atoms with Gasteiger partial charge in [0.2, 0.25) is 0 Å². The standard InChI is InChI=1S/C14H6BrF4NO/c15-10-2-4-13(11(16)6-10)21-12-3-1-9(14(17,18)19)5-8(12)7-20/h1-6H. The summed E-state index contributed by atoms with van der Waals surface area (Å²) in [5.41, 5.74) is -1.30. The average Bonchev–Trinajstić information content (AvgIpc) is 2.41. The summed E-state index contributed by atoms with van der Waals surface area (Å²) >= 11 is 3.07. The molecule has 0 atom stereocenters. The van der Waals surface area contributed by atoms with Crippen LogP contribution < -0.4 is 4.74 Å². The summed E-state index contributed by atoms with van der Waals surface area (Å²) in [6.45, 7) is 0. The second-order valence-corrected chi connectivity index (χ2v) is 4.91. The summed E-state index contributed by atoms with van der Waals surface area (Å²) in [7, 11) is 0. The second-order valence-electron chi connectivity index (χ2n) is 4.00. The molecule has 0 spiro atoms. The third-order valence-electron chi connectivity index (χ3n) is 2.54. The minimum absolute atomic E-state index is 0.147. The van der Waals surface area contributed by atoms with Crippen molar-refractivity contribution in [3.05, 3.63) is 57.8 Å². The van der Waals surface area contributed by atoms with Gasteiger partial charge in [-0.05, 0) is 36.4 Å². The Kier molecular flexibility index (Phi) is 4.19. The van der Waals surface area contributed by atoms with E-state index in [1.807, 2.05) is 0 Å². The molecule has 2 nitrogen and oxygen atoms in total. The highest BCUT2D eigenvalue weighted by Gasteiger charge is 2.31. The van der Waals surface area contributed by atoms with E-state index in [0.29, 0.717) is 10.5 Å². The Morgan fingerprint density at radius 2 is 1.71 bits per heavy atom. The zero-order valence-corrected chi connectivity index (χ0v) is 11.8. The molecule has 2 rings (SSSR count). The van der Waals surface area contributed by atoms with Crippen molar-refractivity contribution in [2.75, 3.05) is 0 Å². The lowest BCUT2D eigenvalue weighted by Crippen LogP contribution is -2.05. The fourth-order valence-electron chi connectivity index (χ4n) is 1.56. The number of halogens is 5. The van der Waals surface area contributed by atoms with Crippen LogP contribution in [-0.4, -0.2) is 0 Å². The number of benzene rings is 2. The molecule has 0 saturated heterocycles. The van der Waals surface area contributed by atoms with Crippen LogP contribution in [0.1, 0.15) is 11.1 Å². The van der Waals surface area contributed by atoms with Gasteiger partial charge in [0.25, 0.3) is 0 Å². The van der Waals surface area contributed by atoms with E-state index in [9.17, 15) is 17.6 Å². The third-order valence-corrected chi connectivity index (χ3v) is 3.03. The summed E-state index contributed by atoms with van der Waals surface area (Å²) in [6, 6.07) is 7.98. The van der Waals surface area contributed by atoms with Crippen molar-refractivity contribution in [3.63, 3.8) is 0 Å². The molecule has 0 heterocycles. The fourth-order valence-corrected chi connectivity index (χ4v) is 1.89. The first-order chi connectivity index (χ1) is 9.81. The van der Waals surface area contributed by atoms with Gasteiger partial charge in [0.05, 0.1) is 11.1 Å². The lowest BCUT2D eigenvalue weighted by molar-refractivity contribution is -0.137. The van der Waals surface area contributed by atoms with Crippen molar-refractivity contribution in [3.8, 4) is 17.6 Å². The SMILES string of the molecule is N#Cc1cc(C(F)(F)F)ccc1Oc1ccc(Br)cc1F. The number of nitrogens with zero attached hydrogens (tertiary/aromatic N) is 1. The van der Waals surface area contributed by atoms with Crippen molar-refractivity contribution >= 4 is 15.9 Å². The molecule has 0 aliphatic carbocycles.